The minimum atomic E-state index is -0.489. The first-order valence-corrected chi connectivity index (χ1v) is 10.4. The van der Waals surface area contributed by atoms with Gasteiger partial charge in [-0.25, -0.2) is 9.79 Å². The summed E-state index contributed by atoms with van der Waals surface area (Å²) in [6, 6.07) is 0.538. The van der Waals surface area contributed by atoms with Crippen LogP contribution in [0.5, 0.6) is 0 Å². The van der Waals surface area contributed by atoms with Crippen molar-refractivity contribution in [2.45, 2.75) is 77.1 Å². The van der Waals surface area contributed by atoms with Crippen molar-refractivity contribution >= 4 is 41.9 Å². The second kappa shape index (κ2) is 11.2. The Morgan fingerprint density at radius 3 is 2.23 bits per heavy atom. The van der Waals surface area contributed by atoms with Crippen LogP contribution in [0.2, 0.25) is 0 Å². The van der Waals surface area contributed by atoms with Crippen molar-refractivity contribution < 1.29 is 14.3 Å². The zero-order valence-electron chi connectivity index (χ0n) is 19.2. The van der Waals surface area contributed by atoms with Gasteiger partial charge >= 0.3 is 6.09 Å². The number of hydrogen-bond donors (Lipinski definition) is 2. The molecule has 0 saturated carbocycles. The summed E-state index contributed by atoms with van der Waals surface area (Å²) >= 11 is 0. The lowest BCUT2D eigenvalue weighted by molar-refractivity contribution is -0.127. The van der Waals surface area contributed by atoms with Gasteiger partial charge < -0.3 is 25.2 Å². The Morgan fingerprint density at radius 1 is 1.20 bits per heavy atom. The molecule has 8 nitrogen and oxygen atoms in total. The number of nitrogens with zero attached hydrogens (tertiary/aromatic N) is 3. The molecule has 2 N–H and O–H groups in total. The van der Waals surface area contributed by atoms with Gasteiger partial charge in [-0.1, -0.05) is 12.2 Å². The summed E-state index contributed by atoms with van der Waals surface area (Å²) in [5.74, 6) is 0.555. The number of amides is 2. The quantitative estimate of drug-likeness (QED) is 0.245. The van der Waals surface area contributed by atoms with Crippen LogP contribution in [0.3, 0.4) is 0 Å². The van der Waals surface area contributed by atoms with Crippen molar-refractivity contribution in [2.24, 2.45) is 4.99 Å². The van der Waals surface area contributed by atoms with Crippen molar-refractivity contribution in [1.82, 2.24) is 20.4 Å². The number of nitrogens with one attached hydrogen (secondary N) is 2. The highest BCUT2D eigenvalue weighted by molar-refractivity contribution is 14.0. The number of ether oxygens (including phenoxy) is 1. The maximum absolute atomic E-state index is 12.6. The van der Waals surface area contributed by atoms with Crippen LogP contribution in [-0.2, 0) is 9.53 Å². The number of likely N-dealkylation sites (N-methyl/N-ethyl adjacent to an activating group) is 1. The van der Waals surface area contributed by atoms with Crippen molar-refractivity contribution in [3.05, 3.63) is 12.2 Å². The van der Waals surface area contributed by atoms with E-state index in [-0.39, 0.29) is 60.6 Å². The number of guanidine groups is 1. The molecule has 2 fully saturated rings. The maximum atomic E-state index is 12.6. The van der Waals surface area contributed by atoms with Gasteiger partial charge in [-0.3, -0.25) is 4.79 Å². The first kappa shape index (κ1) is 26.5. The number of carbonyl (C=O) groups is 2. The highest BCUT2D eigenvalue weighted by atomic mass is 127. The SMILES string of the molecule is C=C(C)CNC(=NCC(=O)N(C)C)NC1CC2CCC(C1)N2C(=O)OC(C)(C)C.I. The molecule has 2 saturated heterocycles. The van der Waals surface area contributed by atoms with E-state index >= 15 is 0 Å². The molecular weight excluding hydrogens is 497 g/mol. The van der Waals surface area contributed by atoms with Crippen LogP contribution >= 0.6 is 24.0 Å². The van der Waals surface area contributed by atoms with Gasteiger partial charge in [0, 0.05) is 38.8 Å². The summed E-state index contributed by atoms with van der Waals surface area (Å²) in [4.78, 5) is 32.4. The van der Waals surface area contributed by atoms with Crippen LogP contribution in [0, 0.1) is 0 Å². The monoisotopic (exact) mass is 535 g/mol. The van der Waals surface area contributed by atoms with Crippen LogP contribution in [0.15, 0.2) is 17.1 Å². The smallest absolute Gasteiger partial charge is 0.410 e. The zero-order valence-corrected chi connectivity index (χ0v) is 21.5. The fraction of sp³-hybridized carbons (Fsp3) is 0.762. The van der Waals surface area contributed by atoms with E-state index in [1.54, 1.807) is 14.1 Å². The average molecular weight is 535 g/mol. The predicted octanol–water partition coefficient (Wildman–Crippen LogP) is 2.73. The molecule has 2 aliphatic rings. The third kappa shape index (κ3) is 7.96. The molecule has 9 heteroatoms. The van der Waals surface area contributed by atoms with Crippen LogP contribution < -0.4 is 10.6 Å². The Bertz CT molecular complexity index is 646. The molecule has 0 radical (unpaired) electrons. The molecule has 0 aliphatic carbocycles. The van der Waals surface area contributed by atoms with E-state index in [9.17, 15) is 9.59 Å². The number of piperidine rings is 1. The van der Waals surface area contributed by atoms with Crippen LogP contribution in [-0.4, -0.2) is 78.7 Å². The molecule has 2 amide bonds. The molecule has 0 aromatic carbocycles. The number of rotatable bonds is 5. The van der Waals surface area contributed by atoms with Crippen LogP contribution in [0.1, 0.15) is 53.4 Å². The van der Waals surface area contributed by atoms with Gasteiger partial charge in [0.2, 0.25) is 5.91 Å². The van der Waals surface area contributed by atoms with Crippen molar-refractivity contribution in [3.8, 4) is 0 Å². The lowest BCUT2D eigenvalue weighted by Gasteiger charge is -2.40. The van der Waals surface area contributed by atoms with Crippen molar-refractivity contribution in [1.29, 1.82) is 0 Å². The minimum absolute atomic E-state index is 0. The summed E-state index contributed by atoms with van der Waals surface area (Å²) < 4.78 is 5.61. The first-order valence-electron chi connectivity index (χ1n) is 10.4. The molecule has 2 rings (SSSR count). The Labute approximate surface area is 197 Å². The molecule has 0 aromatic rings. The van der Waals surface area contributed by atoms with Gasteiger partial charge in [-0.15, -0.1) is 24.0 Å². The summed E-state index contributed by atoms with van der Waals surface area (Å²) in [5, 5.41) is 6.70. The van der Waals surface area contributed by atoms with Gasteiger partial charge in [-0.05, 0) is 53.4 Å². The lowest BCUT2D eigenvalue weighted by atomic mass is 9.98. The van der Waals surface area contributed by atoms with E-state index in [1.807, 2.05) is 32.6 Å². The van der Waals surface area contributed by atoms with E-state index in [0.717, 1.165) is 31.3 Å². The van der Waals surface area contributed by atoms with Crippen molar-refractivity contribution in [3.63, 3.8) is 0 Å². The Hall–Kier alpha value is -1.52. The average Bonchev–Trinajstić information content (AvgIpc) is 2.86. The molecular formula is C21H38IN5O3. The molecule has 2 bridgehead atoms. The molecule has 2 heterocycles. The topological polar surface area (TPSA) is 86.3 Å². The third-order valence-electron chi connectivity index (χ3n) is 5.11. The van der Waals surface area contributed by atoms with Crippen LogP contribution in [0.4, 0.5) is 4.79 Å². The summed E-state index contributed by atoms with van der Waals surface area (Å²) in [6.07, 6.45) is 3.45. The summed E-state index contributed by atoms with van der Waals surface area (Å²) in [6.45, 7) is 12.2. The summed E-state index contributed by atoms with van der Waals surface area (Å²) in [7, 11) is 3.44. The fourth-order valence-electron chi connectivity index (χ4n) is 3.78. The van der Waals surface area contributed by atoms with E-state index in [0.29, 0.717) is 12.5 Å². The Balaban J connectivity index is 0.00000450. The molecule has 2 unspecified atom stereocenters. The number of halogens is 1. The van der Waals surface area contributed by atoms with Gasteiger partial charge in [0.25, 0.3) is 0 Å². The largest absolute Gasteiger partial charge is 0.444 e. The molecule has 0 spiro atoms. The second-order valence-electron chi connectivity index (χ2n) is 9.35. The number of hydrogen-bond acceptors (Lipinski definition) is 4. The lowest BCUT2D eigenvalue weighted by Crippen LogP contribution is -2.55. The number of aliphatic imine (C=N–C) groups is 1. The van der Waals surface area contributed by atoms with Crippen molar-refractivity contribution in [2.75, 3.05) is 27.2 Å². The first-order chi connectivity index (χ1) is 13.5. The molecule has 172 valence electrons. The molecule has 30 heavy (non-hydrogen) atoms. The number of carbonyl (C=O) groups excluding carboxylic acids is 2. The highest BCUT2D eigenvalue weighted by Crippen LogP contribution is 2.36. The fourth-order valence-corrected chi connectivity index (χ4v) is 3.78. The molecule has 0 aromatic heterocycles. The predicted molar refractivity (Wildman–Crippen MR) is 130 cm³/mol. The molecule has 2 atom stereocenters. The molecule has 2 aliphatic heterocycles. The van der Waals surface area contributed by atoms with Gasteiger partial charge in [0.1, 0.15) is 12.1 Å². The van der Waals surface area contributed by atoms with E-state index in [4.69, 9.17) is 4.74 Å². The normalized spacial score (nSPS) is 23.3. The summed E-state index contributed by atoms with van der Waals surface area (Å²) in [5.41, 5.74) is 0.495. The maximum Gasteiger partial charge on any atom is 0.410 e. The van der Waals surface area contributed by atoms with Crippen LogP contribution in [0.25, 0.3) is 0 Å². The van der Waals surface area contributed by atoms with E-state index in [1.165, 1.54) is 4.90 Å². The minimum Gasteiger partial charge on any atom is -0.444 e. The standard InChI is InChI=1S/C21H37N5O3.HI/c1-14(2)12-22-19(23-13-18(27)25(6)7)24-15-10-16-8-9-17(11-15)26(16)20(28)29-21(3,4)5;/h15-17H,1,8-13H2,2-7H3,(H2,22,23,24);1H. The Kier molecular flexibility index (Phi) is 9.90. The number of fused-ring (bicyclic) bond motifs is 2. The zero-order chi connectivity index (χ0) is 21.8. The van der Waals surface area contributed by atoms with E-state index < -0.39 is 5.60 Å². The highest BCUT2D eigenvalue weighted by Gasteiger charge is 2.45. The van der Waals surface area contributed by atoms with Gasteiger partial charge in [0.15, 0.2) is 5.96 Å². The second-order valence-corrected chi connectivity index (χ2v) is 9.35. The third-order valence-corrected chi connectivity index (χ3v) is 5.11. The Morgan fingerprint density at radius 2 is 1.77 bits per heavy atom. The van der Waals surface area contributed by atoms with Gasteiger partial charge in [0.05, 0.1) is 0 Å². The van der Waals surface area contributed by atoms with E-state index in [2.05, 4.69) is 22.2 Å². The van der Waals surface area contributed by atoms with Gasteiger partial charge in [-0.2, -0.15) is 0 Å².